The predicted octanol–water partition coefficient (Wildman–Crippen LogP) is 1.12. The molecule has 0 saturated carbocycles. The molecule has 0 aromatic heterocycles. The van der Waals surface area contributed by atoms with Gasteiger partial charge in [-0.2, -0.15) is 0 Å². The number of carbonyl (C=O) groups excluding carboxylic acids is 1. The van der Waals surface area contributed by atoms with Crippen LogP contribution in [-0.2, 0) is 0 Å². The number of anilines is 1. The summed E-state index contributed by atoms with van der Waals surface area (Å²) >= 11 is 0. The Morgan fingerprint density at radius 2 is 2.26 bits per heavy atom. The summed E-state index contributed by atoms with van der Waals surface area (Å²) in [6, 6.07) is 5.43. The molecule has 5 nitrogen and oxygen atoms in total. The van der Waals surface area contributed by atoms with Crippen molar-refractivity contribution in [1.29, 1.82) is 0 Å². The second-order valence-corrected chi connectivity index (χ2v) is 5.26. The Kier molecular flexibility index (Phi) is 4.07. The molecule has 1 saturated heterocycles. The number of nitrogen functional groups attached to an aromatic ring is 1. The zero-order chi connectivity index (χ0) is 14.0. The number of amides is 1. The number of hydrogen-bond donors (Lipinski definition) is 3. The summed E-state index contributed by atoms with van der Waals surface area (Å²) in [6.07, 6.45) is 0.350. The van der Waals surface area contributed by atoms with Crippen LogP contribution in [0.5, 0.6) is 0 Å². The topological polar surface area (TPSA) is 78.6 Å². The van der Waals surface area contributed by atoms with Crippen molar-refractivity contribution in [2.24, 2.45) is 11.8 Å². The lowest BCUT2D eigenvalue weighted by Crippen LogP contribution is -2.44. The van der Waals surface area contributed by atoms with E-state index in [9.17, 15) is 9.90 Å². The van der Waals surface area contributed by atoms with Crippen molar-refractivity contribution in [2.45, 2.75) is 26.4 Å². The first kappa shape index (κ1) is 13.8. The molecule has 4 N–H and O–H groups in total. The zero-order valence-corrected chi connectivity index (χ0v) is 11.4. The van der Waals surface area contributed by atoms with Crippen molar-refractivity contribution in [1.82, 2.24) is 4.90 Å². The van der Waals surface area contributed by atoms with Crippen LogP contribution in [0, 0.1) is 12.8 Å². The Bertz CT molecular complexity index is 476. The van der Waals surface area contributed by atoms with Crippen molar-refractivity contribution >= 4 is 11.6 Å². The Labute approximate surface area is 113 Å². The molecule has 1 amide bonds. The van der Waals surface area contributed by atoms with Crippen LogP contribution in [-0.4, -0.2) is 35.1 Å². The van der Waals surface area contributed by atoms with Crippen LogP contribution >= 0.6 is 0 Å². The van der Waals surface area contributed by atoms with Gasteiger partial charge in [0.25, 0.3) is 5.91 Å². The minimum Gasteiger partial charge on any atom is -0.393 e. The van der Waals surface area contributed by atoms with E-state index in [2.05, 4.69) is 5.43 Å². The van der Waals surface area contributed by atoms with Gasteiger partial charge in [-0.1, -0.05) is 6.92 Å². The number of aliphatic hydroxyl groups excluding tert-OH is 1. The van der Waals surface area contributed by atoms with Crippen molar-refractivity contribution in [2.75, 3.05) is 18.5 Å². The number of benzene rings is 1. The minimum absolute atomic E-state index is 0.0189. The fourth-order valence-corrected chi connectivity index (χ4v) is 2.46. The zero-order valence-electron chi connectivity index (χ0n) is 11.4. The molecule has 2 rings (SSSR count). The van der Waals surface area contributed by atoms with Gasteiger partial charge in [0.1, 0.15) is 0 Å². The van der Waals surface area contributed by atoms with Gasteiger partial charge in [-0.25, -0.2) is 0 Å². The van der Waals surface area contributed by atoms with E-state index >= 15 is 0 Å². The highest BCUT2D eigenvalue weighted by Gasteiger charge is 2.27. The Hall–Kier alpha value is -1.59. The molecule has 104 valence electrons. The maximum Gasteiger partial charge on any atom is 0.253 e. The van der Waals surface area contributed by atoms with Crippen LogP contribution < -0.4 is 11.3 Å². The summed E-state index contributed by atoms with van der Waals surface area (Å²) in [6.45, 7) is 5.10. The van der Waals surface area contributed by atoms with Crippen molar-refractivity contribution < 1.29 is 9.90 Å². The van der Waals surface area contributed by atoms with E-state index in [1.54, 1.807) is 6.07 Å². The van der Waals surface area contributed by atoms with Gasteiger partial charge in [0, 0.05) is 18.7 Å². The van der Waals surface area contributed by atoms with Crippen LogP contribution in [0.15, 0.2) is 18.2 Å². The van der Waals surface area contributed by atoms with E-state index in [1.165, 1.54) is 0 Å². The molecule has 1 aliphatic rings. The van der Waals surface area contributed by atoms with Crippen LogP contribution in [0.4, 0.5) is 5.69 Å². The molecule has 0 radical (unpaired) electrons. The number of hydrogen-bond acceptors (Lipinski definition) is 4. The second kappa shape index (κ2) is 5.59. The van der Waals surface area contributed by atoms with Crippen LogP contribution in [0.3, 0.4) is 0 Å². The van der Waals surface area contributed by atoms with Gasteiger partial charge < -0.3 is 15.4 Å². The number of piperidine rings is 1. The monoisotopic (exact) mass is 263 g/mol. The summed E-state index contributed by atoms with van der Waals surface area (Å²) in [5, 5.41) is 9.70. The van der Waals surface area contributed by atoms with Crippen molar-refractivity contribution in [3.8, 4) is 0 Å². The molecule has 2 unspecified atom stereocenters. The fraction of sp³-hybridized carbons (Fsp3) is 0.500. The average molecular weight is 263 g/mol. The summed E-state index contributed by atoms with van der Waals surface area (Å²) in [4.78, 5) is 14.2. The normalized spacial score (nSPS) is 23.3. The number of likely N-dealkylation sites (tertiary alicyclic amines) is 1. The van der Waals surface area contributed by atoms with Crippen molar-refractivity contribution in [3.05, 3.63) is 29.3 Å². The predicted molar refractivity (Wildman–Crippen MR) is 74.7 cm³/mol. The first-order valence-corrected chi connectivity index (χ1v) is 6.57. The Balaban J connectivity index is 2.13. The molecule has 19 heavy (non-hydrogen) atoms. The first-order valence-electron chi connectivity index (χ1n) is 6.57. The van der Waals surface area contributed by atoms with E-state index < -0.39 is 0 Å². The number of hydrazine groups is 1. The molecular weight excluding hydrogens is 242 g/mol. The third-order valence-electron chi connectivity index (χ3n) is 3.78. The first-order chi connectivity index (χ1) is 9.02. The summed E-state index contributed by atoms with van der Waals surface area (Å²) in [5.74, 6) is 5.53. The van der Waals surface area contributed by atoms with E-state index in [-0.39, 0.29) is 17.9 Å². The van der Waals surface area contributed by atoms with Crippen LogP contribution in [0.25, 0.3) is 0 Å². The number of nitrogens with two attached hydrogens (primary N) is 1. The molecule has 1 aliphatic heterocycles. The van der Waals surface area contributed by atoms with Gasteiger partial charge in [-0.05, 0) is 43.0 Å². The quantitative estimate of drug-likeness (QED) is 0.552. The standard InChI is InChI=1S/C14H21N3O2/c1-9-7-11(3-4-12(9)16-15)14(19)17-6-5-13(18)10(2)8-17/h3-4,7,10,13,16,18H,5-6,8,15H2,1-2H3. The molecule has 2 atom stereocenters. The van der Waals surface area contributed by atoms with Crippen molar-refractivity contribution in [3.63, 3.8) is 0 Å². The van der Waals surface area contributed by atoms with Crippen LogP contribution in [0.2, 0.25) is 0 Å². The molecule has 0 bridgehead atoms. The third-order valence-corrected chi connectivity index (χ3v) is 3.78. The lowest BCUT2D eigenvalue weighted by molar-refractivity contribution is 0.0297. The van der Waals surface area contributed by atoms with Gasteiger partial charge in [0.2, 0.25) is 0 Å². The average Bonchev–Trinajstić information content (AvgIpc) is 2.41. The van der Waals surface area contributed by atoms with Gasteiger partial charge in [0.05, 0.1) is 11.8 Å². The number of rotatable bonds is 2. The largest absolute Gasteiger partial charge is 0.393 e. The van der Waals surface area contributed by atoms with E-state index in [4.69, 9.17) is 5.84 Å². The lowest BCUT2D eigenvalue weighted by atomic mass is 9.96. The van der Waals surface area contributed by atoms with Gasteiger partial charge in [0.15, 0.2) is 0 Å². The Morgan fingerprint density at radius 3 is 2.84 bits per heavy atom. The third kappa shape index (κ3) is 2.88. The lowest BCUT2D eigenvalue weighted by Gasteiger charge is -2.34. The van der Waals surface area contributed by atoms with E-state index in [1.807, 2.05) is 30.9 Å². The molecule has 1 aromatic rings. The highest BCUT2D eigenvalue weighted by Crippen LogP contribution is 2.21. The SMILES string of the molecule is Cc1cc(C(=O)N2CCC(O)C(C)C2)ccc1NN. The van der Waals surface area contributed by atoms with Gasteiger partial charge in [-0.15, -0.1) is 0 Å². The maximum atomic E-state index is 12.4. The highest BCUT2D eigenvalue weighted by molar-refractivity contribution is 5.95. The molecule has 1 fully saturated rings. The number of aryl methyl sites for hydroxylation is 1. The molecule has 1 aromatic carbocycles. The van der Waals surface area contributed by atoms with E-state index in [0.717, 1.165) is 11.3 Å². The fourth-order valence-electron chi connectivity index (χ4n) is 2.46. The van der Waals surface area contributed by atoms with E-state index in [0.29, 0.717) is 25.1 Å². The summed E-state index contributed by atoms with van der Waals surface area (Å²) in [7, 11) is 0. The summed E-state index contributed by atoms with van der Waals surface area (Å²) in [5.41, 5.74) is 5.02. The summed E-state index contributed by atoms with van der Waals surface area (Å²) < 4.78 is 0. The van der Waals surface area contributed by atoms with Gasteiger partial charge in [-0.3, -0.25) is 10.6 Å². The highest BCUT2D eigenvalue weighted by atomic mass is 16.3. The molecule has 0 aliphatic carbocycles. The molecular formula is C14H21N3O2. The minimum atomic E-state index is -0.297. The second-order valence-electron chi connectivity index (χ2n) is 5.26. The maximum absolute atomic E-state index is 12.4. The molecule has 0 spiro atoms. The number of carbonyl (C=O) groups is 1. The Morgan fingerprint density at radius 1 is 1.53 bits per heavy atom. The number of nitrogens with zero attached hydrogens (tertiary/aromatic N) is 1. The smallest absolute Gasteiger partial charge is 0.253 e. The van der Waals surface area contributed by atoms with Crippen LogP contribution in [0.1, 0.15) is 29.3 Å². The molecule has 5 heteroatoms. The van der Waals surface area contributed by atoms with Gasteiger partial charge >= 0.3 is 0 Å². The molecule has 1 heterocycles. The number of nitrogens with one attached hydrogen (secondary N) is 1. The number of aliphatic hydroxyl groups is 1.